The molecule has 0 fully saturated rings. The van der Waals surface area contributed by atoms with Gasteiger partial charge in [-0.15, -0.1) is 22.7 Å². The van der Waals surface area contributed by atoms with Crippen LogP contribution in [-0.2, 0) is 0 Å². The van der Waals surface area contributed by atoms with Crippen LogP contribution in [0.2, 0.25) is 0 Å². The van der Waals surface area contributed by atoms with Crippen molar-refractivity contribution in [1.82, 2.24) is 0 Å². The van der Waals surface area contributed by atoms with Crippen LogP contribution >= 0.6 is 22.7 Å². The first kappa shape index (κ1) is 26.2. The summed E-state index contributed by atoms with van der Waals surface area (Å²) in [5, 5.41) is 5.28. The molecule has 0 aliphatic carbocycles. The molecule has 9 aromatic rings. The second kappa shape index (κ2) is 10.7. The van der Waals surface area contributed by atoms with Gasteiger partial charge >= 0.3 is 0 Å². The predicted molar refractivity (Wildman–Crippen MR) is 195 cm³/mol. The maximum atomic E-state index is 6.44. The fraction of sp³-hybridized carbons (Fsp3) is 0. The summed E-state index contributed by atoms with van der Waals surface area (Å²) in [5.41, 5.74) is 7.07. The summed E-state index contributed by atoms with van der Waals surface area (Å²) in [4.78, 5) is 0. The number of hydrogen-bond donors (Lipinski definition) is 0. The second-order valence-electron chi connectivity index (χ2n) is 11.4. The first-order chi connectivity index (χ1) is 22.2. The van der Waals surface area contributed by atoms with Gasteiger partial charge in [0.2, 0.25) is 0 Å². The molecule has 3 heteroatoms. The van der Waals surface area contributed by atoms with Crippen molar-refractivity contribution in [2.75, 3.05) is 0 Å². The molecular formula is C42H26OS2. The van der Waals surface area contributed by atoms with Crippen LogP contribution in [0.15, 0.2) is 158 Å². The average Bonchev–Trinajstić information content (AvgIpc) is 3.66. The maximum Gasteiger partial charge on any atom is 0.128 e. The zero-order chi connectivity index (χ0) is 29.7. The zero-order valence-corrected chi connectivity index (χ0v) is 25.9. The summed E-state index contributed by atoms with van der Waals surface area (Å²) in [7, 11) is 0. The Labute approximate surface area is 269 Å². The number of benzene rings is 7. The summed E-state index contributed by atoms with van der Waals surface area (Å²) in [6.45, 7) is 0. The minimum absolute atomic E-state index is 0.821. The van der Waals surface area contributed by atoms with Crippen molar-refractivity contribution in [2.45, 2.75) is 0 Å². The Morgan fingerprint density at radius 1 is 0.289 bits per heavy atom. The quantitative estimate of drug-likeness (QED) is 0.188. The Hall–Kier alpha value is -5.22. The van der Waals surface area contributed by atoms with E-state index in [1.807, 2.05) is 34.8 Å². The standard InChI is InChI=1S/C42H26OS2/c1-3-16-39-35(14-1)37-20-18-32(26-42(37)45-39)30-11-7-13-34(24-30)43-33-12-6-10-29(23-33)27-8-5-9-28(22-27)31-19-21-41-38(25-31)36-15-2-4-17-40(36)44-41/h1-26H. The SMILES string of the molecule is c1cc(Oc2cccc(-c3ccc4c(c3)sc3ccccc34)c2)cc(-c2cccc(-c3ccc4sc5ccccc5c4c3)c2)c1. The molecule has 2 aromatic heterocycles. The van der Waals surface area contributed by atoms with Crippen LogP contribution in [0.4, 0.5) is 0 Å². The van der Waals surface area contributed by atoms with Gasteiger partial charge in [-0.25, -0.2) is 0 Å². The van der Waals surface area contributed by atoms with Crippen LogP contribution < -0.4 is 4.74 Å². The van der Waals surface area contributed by atoms with Crippen LogP contribution in [0, 0.1) is 0 Å². The molecule has 0 aliphatic heterocycles. The van der Waals surface area contributed by atoms with E-state index in [0.29, 0.717) is 0 Å². The molecule has 212 valence electrons. The lowest BCUT2D eigenvalue weighted by Gasteiger charge is -2.11. The van der Waals surface area contributed by atoms with Gasteiger partial charge in [0.05, 0.1) is 0 Å². The number of fused-ring (bicyclic) bond motifs is 6. The Morgan fingerprint density at radius 3 is 1.44 bits per heavy atom. The van der Waals surface area contributed by atoms with E-state index >= 15 is 0 Å². The largest absolute Gasteiger partial charge is 0.457 e. The topological polar surface area (TPSA) is 9.23 Å². The molecular weight excluding hydrogens is 585 g/mol. The maximum absolute atomic E-state index is 6.44. The molecule has 1 nitrogen and oxygen atoms in total. The normalized spacial score (nSPS) is 11.6. The lowest BCUT2D eigenvalue weighted by atomic mass is 9.98. The Morgan fingerprint density at radius 2 is 0.756 bits per heavy atom. The number of rotatable bonds is 5. The van der Waals surface area contributed by atoms with Gasteiger partial charge in [0, 0.05) is 40.3 Å². The number of thiophene rings is 2. The molecule has 0 unspecified atom stereocenters. The van der Waals surface area contributed by atoms with Gasteiger partial charge in [-0.3, -0.25) is 0 Å². The van der Waals surface area contributed by atoms with Crippen molar-refractivity contribution in [2.24, 2.45) is 0 Å². The lowest BCUT2D eigenvalue weighted by Crippen LogP contribution is -1.87. The first-order valence-electron chi connectivity index (χ1n) is 15.1. The third-order valence-corrected chi connectivity index (χ3v) is 10.8. The van der Waals surface area contributed by atoms with Crippen LogP contribution in [0.3, 0.4) is 0 Å². The van der Waals surface area contributed by atoms with Gasteiger partial charge in [-0.1, -0.05) is 97.1 Å². The highest BCUT2D eigenvalue weighted by Crippen LogP contribution is 2.39. The molecule has 45 heavy (non-hydrogen) atoms. The molecule has 7 aromatic carbocycles. The van der Waals surface area contributed by atoms with Crippen molar-refractivity contribution in [3.05, 3.63) is 158 Å². The number of hydrogen-bond acceptors (Lipinski definition) is 3. The molecule has 0 saturated carbocycles. The molecule has 0 saturated heterocycles. The monoisotopic (exact) mass is 610 g/mol. The summed E-state index contributed by atoms with van der Waals surface area (Å²) in [6.07, 6.45) is 0. The van der Waals surface area contributed by atoms with E-state index in [9.17, 15) is 0 Å². The highest BCUT2D eigenvalue weighted by Gasteiger charge is 2.10. The van der Waals surface area contributed by atoms with Crippen LogP contribution in [-0.4, -0.2) is 0 Å². The number of ether oxygens (including phenoxy) is 1. The van der Waals surface area contributed by atoms with Crippen molar-refractivity contribution < 1.29 is 4.74 Å². The summed E-state index contributed by atoms with van der Waals surface area (Å²) >= 11 is 3.70. The smallest absolute Gasteiger partial charge is 0.128 e. The molecule has 0 spiro atoms. The average molecular weight is 611 g/mol. The van der Waals surface area contributed by atoms with Gasteiger partial charge in [-0.2, -0.15) is 0 Å². The Bertz CT molecular complexity index is 2530. The predicted octanol–water partition coefficient (Wildman–Crippen LogP) is 13.2. The van der Waals surface area contributed by atoms with E-state index in [2.05, 4.69) is 146 Å². The first-order valence-corrected chi connectivity index (χ1v) is 16.7. The molecule has 0 radical (unpaired) electrons. The van der Waals surface area contributed by atoms with Crippen molar-refractivity contribution >= 4 is 63.0 Å². The third kappa shape index (κ3) is 4.78. The summed E-state index contributed by atoms with van der Waals surface area (Å²) in [5.74, 6) is 1.65. The van der Waals surface area contributed by atoms with Crippen molar-refractivity contribution in [3.8, 4) is 44.9 Å². The highest BCUT2D eigenvalue weighted by molar-refractivity contribution is 7.26. The minimum Gasteiger partial charge on any atom is -0.457 e. The van der Waals surface area contributed by atoms with Crippen molar-refractivity contribution in [1.29, 1.82) is 0 Å². The fourth-order valence-electron chi connectivity index (χ4n) is 6.30. The van der Waals surface area contributed by atoms with E-state index in [4.69, 9.17) is 4.74 Å². The van der Waals surface area contributed by atoms with Gasteiger partial charge in [0.1, 0.15) is 11.5 Å². The Kier molecular flexibility index (Phi) is 6.26. The van der Waals surface area contributed by atoms with Gasteiger partial charge in [0.25, 0.3) is 0 Å². The molecule has 0 atom stereocenters. The Balaban J connectivity index is 1.00. The molecule has 2 heterocycles. The van der Waals surface area contributed by atoms with E-state index in [1.54, 1.807) is 0 Å². The molecule has 9 rings (SSSR count). The minimum atomic E-state index is 0.821. The lowest BCUT2D eigenvalue weighted by molar-refractivity contribution is 0.483. The van der Waals surface area contributed by atoms with E-state index in [-0.39, 0.29) is 0 Å². The highest BCUT2D eigenvalue weighted by atomic mass is 32.1. The summed E-state index contributed by atoms with van der Waals surface area (Å²) < 4.78 is 11.7. The summed E-state index contributed by atoms with van der Waals surface area (Å²) in [6, 6.07) is 56.4. The van der Waals surface area contributed by atoms with Crippen LogP contribution in [0.1, 0.15) is 0 Å². The second-order valence-corrected chi connectivity index (χ2v) is 13.5. The fourth-order valence-corrected chi connectivity index (χ4v) is 8.54. The van der Waals surface area contributed by atoms with Crippen LogP contribution in [0.25, 0.3) is 73.7 Å². The van der Waals surface area contributed by atoms with Gasteiger partial charge < -0.3 is 4.74 Å². The van der Waals surface area contributed by atoms with E-state index < -0.39 is 0 Å². The zero-order valence-electron chi connectivity index (χ0n) is 24.2. The molecule has 0 N–H and O–H groups in total. The van der Waals surface area contributed by atoms with Gasteiger partial charge in [-0.05, 0) is 94.0 Å². The van der Waals surface area contributed by atoms with E-state index in [0.717, 1.165) is 22.6 Å². The third-order valence-electron chi connectivity index (χ3n) is 8.52. The molecule has 0 aliphatic rings. The van der Waals surface area contributed by atoms with Crippen molar-refractivity contribution in [3.63, 3.8) is 0 Å². The van der Waals surface area contributed by atoms with Gasteiger partial charge in [0.15, 0.2) is 0 Å². The molecule has 0 amide bonds. The van der Waals surface area contributed by atoms with Crippen LogP contribution in [0.5, 0.6) is 11.5 Å². The van der Waals surface area contributed by atoms with E-state index in [1.165, 1.54) is 62.6 Å². The molecule has 0 bridgehead atoms.